The van der Waals surface area contributed by atoms with E-state index in [2.05, 4.69) is 5.32 Å². The van der Waals surface area contributed by atoms with Crippen molar-refractivity contribution in [2.24, 2.45) is 0 Å². The van der Waals surface area contributed by atoms with Crippen molar-refractivity contribution in [1.82, 2.24) is 0 Å². The van der Waals surface area contributed by atoms with Gasteiger partial charge in [0.1, 0.15) is 11.9 Å². The molecule has 2 aromatic rings. The van der Waals surface area contributed by atoms with Gasteiger partial charge in [0.05, 0.1) is 16.7 Å². The zero-order valence-electron chi connectivity index (χ0n) is 11.7. The molecule has 0 saturated heterocycles. The Balaban J connectivity index is 2.05. The van der Waals surface area contributed by atoms with Crippen molar-refractivity contribution in [2.75, 3.05) is 5.32 Å². The first-order valence-corrected chi connectivity index (χ1v) is 6.88. The third kappa shape index (κ3) is 3.99. The number of anilines is 1. The average Bonchev–Trinajstić information content (AvgIpc) is 2.50. The molecule has 0 saturated carbocycles. The molecular weight excluding hydrogens is 306 g/mol. The lowest BCUT2D eigenvalue weighted by atomic mass is 10.2. The number of ether oxygens (including phenoxy) is 1. The standard InChI is InChI=1S/C16H14ClNO4/c1-10(16(20)21)22-12-8-6-11(7-9-12)15(19)18-14-5-3-2-4-13(14)17/h2-10H,1H3,(H,18,19)(H,20,21)/p-1/t10-/m0/s1. The normalized spacial score (nSPS) is 11.5. The van der Waals surface area contributed by atoms with Crippen molar-refractivity contribution in [3.8, 4) is 5.75 Å². The molecule has 1 N–H and O–H groups in total. The number of para-hydroxylation sites is 1. The van der Waals surface area contributed by atoms with Crippen molar-refractivity contribution in [3.63, 3.8) is 0 Å². The van der Waals surface area contributed by atoms with E-state index in [9.17, 15) is 14.7 Å². The van der Waals surface area contributed by atoms with Gasteiger partial charge in [0.15, 0.2) is 0 Å². The van der Waals surface area contributed by atoms with Crippen LogP contribution in [-0.2, 0) is 4.79 Å². The van der Waals surface area contributed by atoms with Crippen LogP contribution in [-0.4, -0.2) is 18.0 Å². The van der Waals surface area contributed by atoms with E-state index in [1.54, 1.807) is 24.3 Å². The Labute approximate surface area is 132 Å². The third-order valence-corrected chi connectivity index (χ3v) is 3.21. The van der Waals surface area contributed by atoms with E-state index in [1.807, 2.05) is 0 Å². The molecule has 0 unspecified atom stereocenters. The van der Waals surface area contributed by atoms with Gasteiger partial charge in [-0.15, -0.1) is 0 Å². The minimum Gasteiger partial charge on any atom is -0.546 e. The van der Waals surface area contributed by atoms with Gasteiger partial charge in [-0.1, -0.05) is 23.7 Å². The molecule has 0 aliphatic carbocycles. The first-order chi connectivity index (χ1) is 10.5. The monoisotopic (exact) mass is 318 g/mol. The number of hydrogen-bond donors (Lipinski definition) is 1. The summed E-state index contributed by atoms with van der Waals surface area (Å²) in [7, 11) is 0. The Morgan fingerprint density at radius 3 is 2.36 bits per heavy atom. The van der Waals surface area contributed by atoms with Gasteiger partial charge < -0.3 is 20.0 Å². The van der Waals surface area contributed by atoms with Crippen molar-refractivity contribution >= 4 is 29.2 Å². The fraction of sp³-hybridized carbons (Fsp3) is 0.125. The SMILES string of the molecule is C[C@H](Oc1ccc(C(=O)Nc2ccccc2Cl)cc1)C(=O)[O-]. The van der Waals surface area contributed by atoms with Gasteiger partial charge in [0, 0.05) is 5.56 Å². The molecule has 6 heteroatoms. The second kappa shape index (κ2) is 6.95. The highest BCUT2D eigenvalue weighted by Gasteiger charge is 2.09. The summed E-state index contributed by atoms with van der Waals surface area (Å²) in [5.74, 6) is -1.29. The summed E-state index contributed by atoms with van der Waals surface area (Å²) in [6.07, 6.45) is -1.07. The number of amides is 1. The van der Waals surface area contributed by atoms with Crippen LogP contribution in [0.15, 0.2) is 48.5 Å². The molecule has 1 amide bonds. The Morgan fingerprint density at radius 2 is 1.77 bits per heavy atom. The van der Waals surface area contributed by atoms with E-state index in [4.69, 9.17) is 16.3 Å². The predicted octanol–water partition coefficient (Wildman–Crippen LogP) is 2.11. The summed E-state index contributed by atoms with van der Waals surface area (Å²) in [5.41, 5.74) is 0.911. The van der Waals surface area contributed by atoms with Crippen molar-refractivity contribution in [1.29, 1.82) is 0 Å². The number of carboxylic acids is 1. The highest BCUT2D eigenvalue weighted by atomic mass is 35.5. The van der Waals surface area contributed by atoms with Crippen LogP contribution in [0.2, 0.25) is 5.02 Å². The lowest BCUT2D eigenvalue weighted by Crippen LogP contribution is -2.37. The largest absolute Gasteiger partial charge is 0.546 e. The zero-order chi connectivity index (χ0) is 16.1. The number of nitrogens with one attached hydrogen (secondary N) is 1. The number of carbonyl (C=O) groups is 2. The van der Waals surface area contributed by atoms with Gasteiger partial charge in [0.2, 0.25) is 0 Å². The third-order valence-electron chi connectivity index (χ3n) is 2.88. The van der Waals surface area contributed by atoms with Gasteiger partial charge >= 0.3 is 0 Å². The smallest absolute Gasteiger partial charge is 0.255 e. The van der Waals surface area contributed by atoms with Crippen LogP contribution in [0.4, 0.5) is 5.69 Å². The zero-order valence-corrected chi connectivity index (χ0v) is 12.5. The molecule has 114 valence electrons. The molecule has 0 bridgehead atoms. The quantitative estimate of drug-likeness (QED) is 0.915. The Kier molecular flexibility index (Phi) is 5.01. The topological polar surface area (TPSA) is 78.5 Å². The molecule has 1 atom stereocenters. The van der Waals surface area contributed by atoms with E-state index < -0.39 is 12.1 Å². The second-order valence-corrected chi connectivity index (χ2v) is 4.94. The summed E-state index contributed by atoms with van der Waals surface area (Å²) in [6, 6.07) is 13.0. The lowest BCUT2D eigenvalue weighted by molar-refractivity contribution is -0.312. The summed E-state index contributed by atoms with van der Waals surface area (Å²) < 4.78 is 5.13. The summed E-state index contributed by atoms with van der Waals surface area (Å²) >= 11 is 5.97. The van der Waals surface area contributed by atoms with Crippen LogP contribution in [0.5, 0.6) is 5.75 Å². The number of rotatable bonds is 5. The molecule has 0 radical (unpaired) electrons. The molecule has 0 fully saturated rings. The molecule has 0 aliphatic heterocycles. The van der Waals surface area contributed by atoms with E-state index in [1.165, 1.54) is 31.2 Å². The Morgan fingerprint density at radius 1 is 1.14 bits per heavy atom. The average molecular weight is 319 g/mol. The summed E-state index contributed by atoms with van der Waals surface area (Å²) in [6.45, 7) is 1.37. The maximum atomic E-state index is 12.1. The number of benzene rings is 2. The minimum absolute atomic E-state index is 0.326. The van der Waals surface area contributed by atoms with Gasteiger partial charge in [-0.2, -0.15) is 0 Å². The molecule has 0 spiro atoms. The number of carbonyl (C=O) groups excluding carboxylic acids is 2. The number of carboxylic acid groups (broad SMARTS) is 1. The van der Waals surface area contributed by atoms with Crippen molar-refractivity contribution in [2.45, 2.75) is 13.0 Å². The first kappa shape index (κ1) is 15.9. The molecule has 2 aromatic carbocycles. The van der Waals surface area contributed by atoms with Crippen molar-refractivity contribution < 1.29 is 19.4 Å². The van der Waals surface area contributed by atoms with E-state index in [0.29, 0.717) is 22.0 Å². The van der Waals surface area contributed by atoms with E-state index in [-0.39, 0.29) is 5.91 Å². The van der Waals surface area contributed by atoms with Gasteiger partial charge in [0.25, 0.3) is 5.91 Å². The van der Waals surface area contributed by atoms with Crippen LogP contribution < -0.4 is 15.2 Å². The Hall–Kier alpha value is -2.53. The van der Waals surface area contributed by atoms with Crippen LogP contribution in [0.1, 0.15) is 17.3 Å². The van der Waals surface area contributed by atoms with Crippen molar-refractivity contribution in [3.05, 3.63) is 59.1 Å². The molecule has 2 rings (SSSR count). The van der Waals surface area contributed by atoms with Gasteiger partial charge in [-0.25, -0.2) is 0 Å². The highest BCUT2D eigenvalue weighted by molar-refractivity contribution is 6.33. The van der Waals surface area contributed by atoms with E-state index in [0.717, 1.165) is 0 Å². The molecule has 0 aliphatic rings. The Bertz CT molecular complexity index is 685. The molecule has 0 heterocycles. The van der Waals surface area contributed by atoms with E-state index >= 15 is 0 Å². The molecule has 0 aromatic heterocycles. The van der Waals surface area contributed by atoms with Gasteiger partial charge in [-0.05, 0) is 43.3 Å². The van der Waals surface area contributed by atoms with Crippen LogP contribution >= 0.6 is 11.6 Å². The molecular formula is C16H13ClNO4-. The second-order valence-electron chi connectivity index (χ2n) is 4.54. The number of halogens is 1. The number of hydrogen-bond acceptors (Lipinski definition) is 4. The highest BCUT2D eigenvalue weighted by Crippen LogP contribution is 2.21. The minimum atomic E-state index is -1.31. The fourth-order valence-corrected chi connectivity index (χ4v) is 1.88. The summed E-state index contributed by atoms with van der Waals surface area (Å²) in [4.78, 5) is 22.7. The maximum Gasteiger partial charge on any atom is 0.255 e. The van der Waals surface area contributed by atoms with Gasteiger partial charge in [-0.3, -0.25) is 4.79 Å². The maximum absolute atomic E-state index is 12.1. The predicted molar refractivity (Wildman–Crippen MR) is 80.9 cm³/mol. The molecule has 22 heavy (non-hydrogen) atoms. The van der Waals surface area contributed by atoms with Crippen LogP contribution in [0.3, 0.4) is 0 Å². The fourth-order valence-electron chi connectivity index (χ4n) is 1.69. The van der Waals surface area contributed by atoms with Crippen LogP contribution in [0, 0.1) is 0 Å². The number of aliphatic carboxylic acids is 1. The summed E-state index contributed by atoms with van der Waals surface area (Å²) in [5, 5.41) is 13.7. The molecule has 5 nitrogen and oxygen atoms in total. The lowest BCUT2D eigenvalue weighted by Gasteiger charge is -2.15. The first-order valence-electron chi connectivity index (χ1n) is 6.51. The van der Waals surface area contributed by atoms with Crippen LogP contribution in [0.25, 0.3) is 0 Å².